The van der Waals surface area contributed by atoms with Crippen molar-refractivity contribution in [3.8, 4) is 0 Å². The molecule has 0 atom stereocenters. The molecule has 0 unspecified atom stereocenters. The van der Waals surface area contributed by atoms with E-state index < -0.39 is 17.7 Å². The number of nitrogens with zero attached hydrogens (tertiary/aromatic N) is 2. The van der Waals surface area contributed by atoms with Crippen molar-refractivity contribution in [3.05, 3.63) is 70.0 Å². The number of anilines is 1. The number of amides is 3. The monoisotopic (exact) mass is 499 g/mol. The SMILES string of the molecule is C=C(/C=C(\N=C/C)N(C(=O)CC)C(=O)CC)c1c(C(=O)Nc2ccc(Cl)c(Cl)c2)c2ccc1o2. The second-order valence-corrected chi connectivity index (χ2v) is 8.06. The Morgan fingerprint density at radius 1 is 1.03 bits per heavy atom. The zero-order chi connectivity index (χ0) is 25.0. The number of allylic oxidation sites excluding steroid dienone is 2. The van der Waals surface area contributed by atoms with Crippen molar-refractivity contribution in [2.24, 2.45) is 4.99 Å². The molecule has 0 spiro atoms. The fourth-order valence-corrected chi connectivity index (χ4v) is 3.69. The Morgan fingerprint density at radius 2 is 1.65 bits per heavy atom. The van der Waals surface area contributed by atoms with E-state index in [9.17, 15) is 14.4 Å². The number of carbonyl (C=O) groups is 3. The molecule has 0 saturated carbocycles. The van der Waals surface area contributed by atoms with Crippen LogP contribution in [0.25, 0.3) is 16.7 Å². The van der Waals surface area contributed by atoms with Crippen LogP contribution >= 0.6 is 23.2 Å². The van der Waals surface area contributed by atoms with Crippen LogP contribution in [-0.2, 0) is 9.59 Å². The van der Waals surface area contributed by atoms with E-state index in [4.69, 9.17) is 27.6 Å². The Balaban J connectivity index is 2.02. The van der Waals surface area contributed by atoms with Crippen molar-refractivity contribution in [3.63, 3.8) is 0 Å². The van der Waals surface area contributed by atoms with Gasteiger partial charge in [0, 0.05) is 30.3 Å². The standard InChI is InChI=1S/C25H23Cl2N3O4/c1-5-21(31)30(22(32)6-2)20(28-7-3)12-14(4)23-18-10-11-19(34-18)24(23)25(33)29-15-8-9-16(26)17(27)13-15/h7-13H,4-6H2,1-3H3,(H,29,33)/b20-12+,28-7-. The topological polar surface area (TPSA) is 92.0 Å². The normalized spacial score (nSPS) is 11.9. The minimum absolute atomic E-state index is 0.111. The van der Waals surface area contributed by atoms with E-state index in [1.165, 1.54) is 18.4 Å². The van der Waals surface area contributed by atoms with Gasteiger partial charge in [0.05, 0.1) is 15.6 Å². The van der Waals surface area contributed by atoms with Crippen LogP contribution in [0.1, 0.15) is 49.5 Å². The van der Waals surface area contributed by atoms with Gasteiger partial charge >= 0.3 is 0 Å². The first kappa shape index (κ1) is 25.2. The van der Waals surface area contributed by atoms with E-state index in [0.29, 0.717) is 38.0 Å². The molecule has 3 aromatic rings. The maximum absolute atomic E-state index is 13.2. The number of furan rings is 2. The summed E-state index contributed by atoms with van der Waals surface area (Å²) in [5.41, 5.74) is 2.31. The molecule has 3 rings (SSSR count). The maximum Gasteiger partial charge on any atom is 0.260 e. The molecule has 3 amide bonds. The summed E-state index contributed by atoms with van der Waals surface area (Å²) in [6, 6.07) is 8.14. The van der Waals surface area contributed by atoms with Gasteiger partial charge < -0.3 is 9.73 Å². The number of hydrogen-bond acceptors (Lipinski definition) is 5. The number of hydrogen-bond donors (Lipinski definition) is 1. The lowest BCUT2D eigenvalue weighted by Crippen LogP contribution is -2.34. The van der Waals surface area contributed by atoms with Gasteiger partial charge in [0.25, 0.3) is 5.91 Å². The fraction of sp³-hybridized carbons (Fsp3) is 0.200. The Kier molecular flexibility index (Phi) is 7.91. The molecule has 9 heteroatoms. The summed E-state index contributed by atoms with van der Waals surface area (Å²) in [5, 5.41) is 3.45. The lowest BCUT2D eigenvalue weighted by molar-refractivity contribution is -0.142. The summed E-state index contributed by atoms with van der Waals surface area (Å²) in [4.78, 5) is 43.4. The van der Waals surface area contributed by atoms with Crippen molar-refractivity contribution in [2.45, 2.75) is 33.6 Å². The molecular weight excluding hydrogens is 477 g/mol. The highest BCUT2D eigenvalue weighted by Crippen LogP contribution is 2.35. The molecule has 176 valence electrons. The number of benzene rings is 2. The van der Waals surface area contributed by atoms with Gasteiger partial charge in [-0.15, -0.1) is 0 Å². The van der Waals surface area contributed by atoms with Crippen LogP contribution < -0.4 is 5.32 Å². The van der Waals surface area contributed by atoms with Gasteiger partial charge in [-0.1, -0.05) is 43.6 Å². The van der Waals surface area contributed by atoms with Crippen LogP contribution in [0.15, 0.2) is 58.2 Å². The molecule has 0 aliphatic carbocycles. The van der Waals surface area contributed by atoms with Crippen LogP contribution in [0, 0.1) is 0 Å². The number of aliphatic imine (C=N–C) groups is 1. The first-order valence-electron chi connectivity index (χ1n) is 10.6. The Morgan fingerprint density at radius 3 is 2.21 bits per heavy atom. The zero-order valence-corrected chi connectivity index (χ0v) is 20.5. The van der Waals surface area contributed by atoms with Crippen molar-refractivity contribution in [1.82, 2.24) is 4.90 Å². The van der Waals surface area contributed by atoms with Gasteiger partial charge in [-0.25, -0.2) is 9.89 Å². The summed E-state index contributed by atoms with van der Waals surface area (Å²) in [5.74, 6) is -1.12. The van der Waals surface area contributed by atoms with Crippen LogP contribution in [0.2, 0.25) is 10.0 Å². The molecule has 2 heterocycles. The number of carbonyl (C=O) groups excluding carboxylic acids is 3. The average Bonchev–Trinajstić information content (AvgIpc) is 3.43. The van der Waals surface area contributed by atoms with Crippen LogP contribution in [-0.4, -0.2) is 28.8 Å². The fourth-order valence-electron chi connectivity index (χ4n) is 3.40. The molecule has 0 radical (unpaired) electrons. The van der Waals surface area contributed by atoms with E-state index in [0.717, 1.165) is 4.90 Å². The third-order valence-corrected chi connectivity index (χ3v) is 5.71. The quantitative estimate of drug-likeness (QED) is 0.280. The second-order valence-electron chi connectivity index (χ2n) is 7.24. The Hall–Kier alpha value is -3.42. The highest BCUT2D eigenvalue weighted by atomic mass is 35.5. The van der Waals surface area contributed by atoms with Crippen LogP contribution in [0.4, 0.5) is 5.69 Å². The zero-order valence-electron chi connectivity index (χ0n) is 18.9. The highest BCUT2D eigenvalue weighted by molar-refractivity contribution is 6.42. The lowest BCUT2D eigenvalue weighted by atomic mass is 9.99. The third kappa shape index (κ3) is 5.05. The van der Waals surface area contributed by atoms with Gasteiger partial charge in [-0.2, -0.15) is 0 Å². The second kappa shape index (κ2) is 10.7. The summed E-state index contributed by atoms with van der Waals surface area (Å²) >= 11 is 12.0. The summed E-state index contributed by atoms with van der Waals surface area (Å²) in [6.45, 7) is 9.07. The molecule has 0 aliphatic rings. The van der Waals surface area contributed by atoms with Gasteiger partial charge in [-0.05, 0) is 48.9 Å². The van der Waals surface area contributed by atoms with E-state index in [-0.39, 0.29) is 24.2 Å². The van der Waals surface area contributed by atoms with Gasteiger partial charge in [0.15, 0.2) is 0 Å². The third-order valence-electron chi connectivity index (χ3n) is 4.97. The van der Waals surface area contributed by atoms with Gasteiger partial charge in [0.2, 0.25) is 11.8 Å². The van der Waals surface area contributed by atoms with Gasteiger partial charge in [0.1, 0.15) is 17.0 Å². The molecule has 0 aliphatic heterocycles. The minimum Gasteiger partial charge on any atom is -0.456 e. The molecule has 1 N–H and O–H groups in total. The Labute approximate surface area is 207 Å². The van der Waals surface area contributed by atoms with Crippen molar-refractivity contribution in [2.75, 3.05) is 5.32 Å². The summed E-state index contributed by atoms with van der Waals surface area (Å²) in [7, 11) is 0. The Bertz CT molecular complexity index is 1310. The molecule has 34 heavy (non-hydrogen) atoms. The molecule has 0 fully saturated rings. The molecule has 2 aromatic heterocycles. The first-order chi connectivity index (χ1) is 16.2. The number of nitrogens with one attached hydrogen (secondary N) is 1. The van der Waals surface area contributed by atoms with E-state index in [1.807, 2.05) is 0 Å². The van der Waals surface area contributed by atoms with E-state index in [2.05, 4.69) is 16.9 Å². The van der Waals surface area contributed by atoms with Crippen molar-refractivity contribution < 1.29 is 18.8 Å². The van der Waals surface area contributed by atoms with Crippen LogP contribution in [0.3, 0.4) is 0 Å². The van der Waals surface area contributed by atoms with E-state index in [1.54, 1.807) is 45.0 Å². The number of rotatable bonds is 8. The largest absolute Gasteiger partial charge is 0.456 e. The molecular formula is C25H23Cl2N3O4. The smallest absolute Gasteiger partial charge is 0.260 e. The molecule has 1 aromatic carbocycles. The molecule has 7 nitrogen and oxygen atoms in total. The number of fused-ring (bicyclic) bond motifs is 2. The predicted octanol–water partition coefficient (Wildman–Crippen LogP) is 6.55. The highest BCUT2D eigenvalue weighted by Gasteiger charge is 2.27. The number of imide groups is 1. The first-order valence-corrected chi connectivity index (χ1v) is 11.3. The predicted molar refractivity (Wildman–Crippen MR) is 136 cm³/mol. The van der Waals surface area contributed by atoms with Crippen molar-refractivity contribution >= 4 is 69.6 Å². The lowest BCUT2D eigenvalue weighted by Gasteiger charge is -2.20. The van der Waals surface area contributed by atoms with E-state index >= 15 is 0 Å². The summed E-state index contributed by atoms with van der Waals surface area (Å²) < 4.78 is 5.72. The number of halogens is 2. The van der Waals surface area contributed by atoms with Crippen molar-refractivity contribution in [1.29, 1.82) is 0 Å². The molecule has 0 saturated heterocycles. The van der Waals surface area contributed by atoms with Crippen LogP contribution in [0.5, 0.6) is 0 Å². The molecule has 2 bridgehead atoms. The summed E-state index contributed by atoms with van der Waals surface area (Å²) in [6.07, 6.45) is 3.21. The average molecular weight is 500 g/mol. The van der Waals surface area contributed by atoms with Gasteiger partial charge in [-0.3, -0.25) is 14.4 Å². The minimum atomic E-state index is -0.441. The maximum atomic E-state index is 13.2.